The summed E-state index contributed by atoms with van der Waals surface area (Å²) in [5.74, 6) is 0. The molecule has 0 atom stereocenters. The quantitative estimate of drug-likeness (QED) is 0.390. The molecule has 0 rings (SSSR count). The summed E-state index contributed by atoms with van der Waals surface area (Å²) in [6, 6.07) is 0. The molecule has 0 saturated carbocycles. The summed E-state index contributed by atoms with van der Waals surface area (Å²) < 4.78 is 2.82. The molecule has 0 fully saturated rings. The van der Waals surface area contributed by atoms with Crippen molar-refractivity contribution < 1.29 is 0 Å². The van der Waals surface area contributed by atoms with Crippen molar-refractivity contribution in [2.24, 2.45) is 0 Å². The third-order valence-electron chi connectivity index (χ3n) is 2.95. The Morgan fingerprint density at radius 3 is 1.93 bits per heavy atom. The summed E-state index contributed by atoms with van der Waals surface area (Å²) in [6.45, 7) is 7.04. The molecule has 0 aliphatic heterocycles. The van der Waals surface area contributed by atoms with Gasteiger partial charge >= 0.3 is 102 Å². The molecule has 0 nitrogen and oxygen atoms in total. The van der Waals surface area contributed by atoms with Crippen LogP contribution < -0.4 is 0 Å². The first kappa shape index (κ1) is 14.8. The first-order chi connectivity index (χ1) is 6.85. The Bertz CT molecular complexity index is 97.4. The first-order valence-electron chi connectivity index (χ1n) is 6.58. The van der Waals surface area contributed by atoms with Crippen LogP contribution in [0.15, 0.2) is 0 Å². The third kappa shape index (κ3) is 9.36. The Labute approximate surface area is 101 Å². The fraction of sp³-hybridized carbons (Fsp3) is 1.00. The minimum absolute atomic E-state index is 0.0198. The molecule has 0 spiro atoms. The Morgan fingerprint density at radius 2 is 1.36 bits per heavy atom. The number of hydrogen-bond acceptors (Lipinski definition) is 0. The third-order valence-corrected chi connectivity index (χ3v) is 8.76. The molecule has 0 aliphatic carbocycles. The number of rotatable bonds is 10. The van der Waals surface area contributed by atoms with Gasteiger partial charge in [-0.1, -0.05) is 0 Å². The van der Waals surface area contributed by atoms with Crippen molar-refractivity contribution in [3.63, 3.8) is 0 Å². The van der Waals surface area contributed by atoms with Gasteiger partial charge in [0.15, 0.2) is 0 Å². The molecule has 0 aromatic rings. The normalized spacial score (nSPS) is 11.1. The van der Waals surface area contributed by atoms with Crippen LogP contribution in [-0.2, 0) is 0 Å². The molecule has 0 bridgehead atoms. The van der Waals surface area contributed by atoms with Gasteiger partial charge in [0.1, 0.15) is 0 Å². The van der Waals surface area contributed by atoms with Crippen LogP contribution in [0.1, 0.15) is 72.1 Å². The van der Waals surface area contributed by atoms with E-state index in [4.69, 9.17) is 0 Å². The van der Waals surface area contributed by atoms with Crippen molar-refractivity contribution in [3.05, 3.63) is 0 Å². The van der Waals surface area contributed by atoms with Crippen LogP contribution in [-0.4, -0.2) is 21.1 Å². The van der Waals surface area contributed by atoms with E-state index in [1.807, 2.05) is 0 Å². The van der Waals surface area contributed by atoms with Gasteiger partial charge < -0.3 is 0 Å². The van der Waals surface area contributed by atoms with Crippen LogP contribution in [0.4, 0.5) is 0 Å². The van der Waals surface area contributed by atoms with E-state index in [-0.39, 0.29) is 21.1 Å². The summed E-state index contributed by atoms with van der Waals surface area (Å²) in [4.78, 5) is 0. The average Bonchev–Trinajstić information content (AvgIpc) is 2.22. The van der Waals surface area contributed by atoms with Gasteiger partial charge in [0, 0.05) is 0 Å². The molecule has 0 amide bonds. The van der Waals surface area contributed by atoms with Crippen LogP contribution in [0.5, 0.6) is 0 Å². The second-order valence-corrected chi connectivity index (χ2v) is 9.16. The van der Waals surface area contributed by atoms with Crippen LogP contribution in [0.3, 0.4) is 0 Å². The summed E-state index contributed by atoms with van der Waals surface area (Å²) in [7, 11) is 0. The van der Waals surface area contributed by atoms with E-state index >= 15 is 0 Å². The van der Waals surface area contributed by atoms with Crippen LogP contribution in [0.25, 0.3) is 0 Å². The molecule has 0 unspecified atom stereocenters. The van der Waals surface area contributed by atoms with Crippen LogP contribution in [0, 0.1) is 0 Å². The van der Waals surface area contributed by atoms with Gasteiger partial charge in [0.2, 0.25) is 0 Å². The zero-order valence-corrected chi connectivity index (χ0v) is 13.3. The van der Waals surface area contributed by atoms with Crippen molar-refractivity contribution in [1.29, 1.82) is 0 Å². The van der Waals surface area contributed by atoms with Crippen molar-refractivity contribution >= 4 is 21.1 Å². The maximum absolute atomic E-state index is 2.37. The van der Waals surface area contributed by atoms with Gasteiger partial charge in [-0.05, 0) is 0 Å². The zero-order chi connectivity index (χ0) is 10.6. The predicted octanol–water partition coefficient (Wildman–Crippen LogP) is 5.08. The minimum atomic E-state index is 0.0198. The number of hydrogen-bond donors (Lipinski definition) is 0. The van der Waals surface area contributed by atoms with Gasteiger partial charge in [-0.3, -0.25) is 0 Å². The second kappa shape index (κ2) is 11.9. The van der Waals surface area contributed by atoms with E-state index in [0.29, 0.717) is 0 Å². The van der Waals surface area contributed by atoms with Gasteiger partial charge in [-0.2, -0.15) is 0 Å². The topological polar surface area (TPSA) is 0 Å². The van der Waals surface area contributed by atoms with Crippen LogP contribution in [0.2, 0.25) is 8.37 Å². The molecule has 0 N–H and O–H groups in total. The van der Waals surface area contributed by atoms with E-state index in [2.05, 4.69) is 20.8 Å². The van der Waals surface area contributed by atoms with Crippen molar-refractivity contribution in [3.8, 4) is 0 Å². The van der Waals surface area contributed by atoms with Gasteiger partial charge in [0.05, 0.1) is 0 Å². The summed E-state index contributed by atoms with van der Waals surface area (Å²) in [5, 5.41) is 0. The molecule has 2 radical (unpaired) electrons. The molecular formula is C13H28Sn. The van der Waals surface area contributed by atoms with E-state index in [0.717, 1.165) is 0 Å². The second-order valence-electron chi connectivity index (χ2n) is 4.24. The van der Waals surface area contributed by atoms with E-state index in [1.54, 1.807) is 10.9 Å². The molecule has 0 aromatic carbocycles. The fourth-order valence-electron chi connectivity index (χ4n) is 1.79. The van der Waals surface area contributed by atoms with Gasteiger partial charge in [-0.25, -0.2) is 0 Å². The first-order valence-corrected chi connectivity index (χ1v) is 10.2. The maximum atomic E-state index is 2.37. The average molecular weight is 303 g/mol. The van der Waals surface area contributed by atoms with Crippen LogP contribution >= 0.6 is 0 Å². The summed E-state index contributed by atoms with van der Waals surface area (Å²) in [5.41, 5.74) is 0. The molecule has 1 heteroatoms. The van der Waals surface area contributed by atoms with Crippen molar-refractivity contribution in [2.75, 3.05) is 0 Å². The van der Waals surface area contributed by atoms with Crippen molar-refractivity contribution in [2.45, 2.75) is 80.5 Å². The molecule has 0 aliphatic rings. The Morgan fingerprint density at radius 1 is 0.786 bits per heavy atom. The SMILES string of the molecule is CCCCCCC[CH2][Sn][CH](CC)CC. The Balaban J connectivity index is 3.04. The Kier molecular flexibility index (Phi) is 12.5. The zero-order valence-electron chi connectivity index (χ0n) is 10.4. The molecule has 0 heterocycles. The number of unbranched alkanes of at least 4 members (excludes halogenated alkanes) is 5. The van der Waals surface area contributed by atoms with E-state index < -0.39 is 0 Å². The van der Waals surface area contributed by atoms with Crippen molar-refractivity contribution in [1.82, 2.24) is 0 Å². The summed E-state index contributed by atoms with van der Waals surface area (Å²) >= 11 is 0.0198. The standard InChI is InChI=1S/C8H17.C5H11.Sn/c1-3-5-7-8-6-4-2;1-3-5-4-2;/h1,3-8H2,2H3;5H,3-4H2,1-2H3;. The molecule has 0 saturated heterocycles. The molecular weight excluding hydrogens is 275 g/mol. The van der Waals surface area contributed by atoms with E-state index in [9.17, 15) is 0 Å². The summed E-state index contributed by atoms with van der Waals surface area (Å²) in [6.07, 6.45) is 11.8. The van der Waals surface area contributed by atoms with E-state index in [1.165, 1.54) is 48.9 Å². The fourth-order valence-corrected chi connectivity index (χ4v) is 5.90. The Hall–Kier alpha value is 0.799. The van der Waals surface area contributed by atoms with Gasteiger partial charge in [-0.15, -0.1) is 0 Å². The molecule has 84 valence electrons. The van der Waals surface area contributed by atoms with Gasteiger partial charge in [0.25, 0.3) is 0 Å². The monoisotopic (exact) mass is 304 g/mol. The molecule has 0 aromatic heterocycles. The molecule has 14 heavy (non-hydrogen) atoms. The predicted molar refractivity (Wildman–Crippen MR) is 68.3 cm³/mol.